The molecule has 8 heteroatoms. The summed E-state index contributed by atoms with van der Waals surface area (Å²) >= 11 is 0. The van der Waals surface area contributed by atoms with Crippen molar-refractivity contribution in [3.05, 3.63) is 70.8 Å². The number of imide groups is 1. The number of carbonyl (C=O) groups is 3. The van der Waals surface area contributed by atoms with Gasteiger partial charge in [-0.3, -0.25) is 19.3 Å². The molecule has 1 N–H and O–H groups in total. The maximum Gasteiger partial charge on any atom is 0.240 e. The van der Waals surface area contributed by atoms with Crippen LogP contribution in [0, 0.1) is 18.6 Å². The van der Waals surface area contributed by atoms with E-state index >= 15 is 0 Å². The van der Waals surface area contributed by atoms with Crippen LogP contribution in [0.5, 0.6) is 0 Å². The predicted molar refractivity (Wildman–Crippen MR) is 109 cm³/mol. The van der Waals surface area contributed by atoms with E-state index in [1.54, 1.807) is 12.1 Å². The first-order valence-electron chi connectivity index (χ1n) is 9.89. The lowest BCUT2D eigenvalue weighted by atomic mass is 9.74. The molecule has 0 bridgehead atoms. The Labute approximate surface area is 179 Å². The van der Waals surface area contributed by atoms with Crippen LogP contribution < -0.4 is 5.32 Å². The number of ether oxygens (including phenoxy) is 1. The second-order valence-corrected chi connectivity index (χ2v) is 7.61. The zero-order valence-corrected chi connectivity index (χ0v) is 17.4. The fourth-order valence-electron chi connectivity index (χ4n) is 3.96. The van der Waals surface area contributed by atoms with Gasteiger partial charge in [-0.15, -0.1) is 0 Å². The second-order valence-electron chi connectivity index (χ2n) is 7.61. The lowest BCUT2D eigenvalue weighted by molar-refractivity contribution is -0.141. The lowest BCUT2D eigenvalue weighted by Crippen LogP contribution is -2.43. The Kier molecular flexibility index (Phi) is 6.80. The van der Waals surface area contributed by atoms with Crippen LogP contribution in [0.25, 0.3) is 0 Å². The number of likely N-dealkylation sites (tertiary alicyclic amines) is 1. The minimum absolute atomic E-state index is 0.101. The van der Waals surface area contributed by atoms with Gasteiger partial charge in [0.25, 0.3) is 0 Å². The maximum absolute atomic E-state index is 13.9. The molecule has 0 radical (unpaired) electrons. The first kappa shape index (κ1) is 22.6. The SMILES string of the molecule is COCCN1C(=O)C[C@](CC(=O)NCc2ccc(F)cc2F)(c2ccccc2C)C1=O. The van der Waals surface area contributed by atoms with Gasteiger partial charge < -0.3 is 10.1 Å². The van der Waals surface area contributed by atoms with Crippen LogP contribution >= 0.6 is 0 Å². The van der Waals surface area contributed by atoms with Gasteiger partial charge in [-0.2, -0.15) is 0 Å². The highest BCUT2D eigenvalue weighted by atomic mass is 19.1. The number of amides is 3. The number of aryl methyl sites for hydroxylation is 1. The fourth-order valence-corrected chi connectivity index (χ4v) is 3.96. The molecule has 2 aromatic rings. The molecule has 6 nitrogen and oxygen atoms in total. The summed E-state index contributed by atoms with van der Waals surface area (Å²) < 4.78 is 32.0. The minimum Gasteiger partial charge on any atom is -0.383 e. The van der Waals surface area contributed by atoms with Crippen molar-refractivity contribution in [2.75, 3.05) is 20.3 Å². The topological polar surface area (TPSA) is 75.7 Å². The van der Waals surface area contributed by atoms with Gasteiger partial charge in [0.2, 0.25) is 17.7 Å². The normalized spacial score (nSPS) is 18.5. The van der Waals surface area contributed by atoms with Crippen LogP contribution in [0.4, 0.5) is 8.78 Å². The third-order valence-corrected chi connectivity index (χ3v) is 5.54. The van der Waals surface area contributed by atoms with Gasteiger partial charge in [-0.1, -0.05) is 30.3 Å². The zero-order chi connectivity index (χ0) is 22.6. The summed E-state index contributed by atoms with van der Waals surface area (Å²) in [5, 5.41) is 2.59. The van der Waals surface area contributed by atoms with Crippen molar-refractivity contribution in [2.24, 2.45) is 0 Å². The van der Waals surface area contributed by atoms with Gasteiger partial charge in [0, 0.05) is 38.1 Å². The molecule has 3 rings (SSSR count). The lowest BCUT2D eigenvalue weighted by Gasteiger charge is -2.28. The molecule has 1 aliphatic heterocycles. The summed E-state index contributed by atoms with van der Waals surface area (Å²) in [7, 11) is 1.47. The highest BCUT2D eigenvalue weighted by Gasteiger charge is 2.54. The molecule has 0 unspecified atom stereocenters. The first-order valence-corrected chi connectivity index (χ1v) is 9.89. The number of hydrogen-bond acceptors (Lipinski definition) is 4. The molecule has 2 aromatic carbocycles. The molecular formula is C23H24F2N2O4. The molecule has 0 aliphatic carbocycles. The van der Waals surface area contributed by atoms with Gasteiger partial charge in [-0.25, -0.2) is 8.78 Å². The van der Waals surface area contributed by atoms with Crippen LogP contribution in [-0.4, -0.2) is 42.9 Å². The molecule has 1 atom stereocenters. The van der Waals surface area contributed by atoms with Gasteiger partial charge in [0.1, 0.15) is 11.6 Å². The van der Waals surface area contributed by atoms with E-state index in [0.29, 0.717) is 5.56 Å². The molecule has 3 amide bonds. The van der Waals surface area contributed by atoms with E-state index in [9.17, 15) is 23.2 Å². The molecule has 1 fully saturated rings. The number of hydrogen-bond donors (Lipinski definition) is 1. The zero-order valence-electron chi connectivity index (χ0n) is 17.4. The summed E-state index contributed by atoms with van der Waals surface area (Å²) in [6, 6.07) is 10.2. The Morgan fingerprint density at radius 1 is 1.19 bits per heavy atom. The highest BCUT2D eigenvalue weighted by Crippen LogP contribution is 2.41. The number of methoxy groups -OCH3 is 1. The minimum atomic E-state index is -1.35. The third kappa shape index (κ3) is 4.64. The van der Waals surface area contributed by atoms with Crippen molar-refractivity contribution in [1.29, 1.82) is 0 Å². The molecule has 1 aliphatic rings. The largest absolute Gasteiger partial charge is 0.383 e. The Balaban J connectivity index is 1.86. The Bertz CT molecular complexity index is 1010. The summed E-state index contributed by atoms with van der Waals surface area (Å²) in [5.74, 6) is -2.82. The van der Waals surface area contributed by atoms with Crippen molar-refractivity contribution in [3.63, 3.8) is 0 Å². The number of halogens is 2. The van der Waals surface area contributed by atoms with Crippen molar-refractivity contribution in [1.82, 2.24) is 10.2 Å². The molecule has 0 saturated carbocycles. The third-order valence-electron chi connectivity index (χ3n) is 5.54. The van der Waals surface area contributed by atoms with Crippen molar-refractivity contribution >= 4 is 17.7 Å². The van der Waals surface area contributed by atoms with Crippen LogP contribution in [-0.2, 0) is 31.1 Å². The molecule has 31 heavy (non-hydrogen) atoms. The molecule has 1 saturated heterocycles. The van der Waals surface area contributed by atoms with E-state index < -0.39 is 28.9 Å². The Hall–Kier alpha value is -3.13. The summed E-state index contributed by atoms with van der Waals surface area (Å²) in [6.07, 6.45) is -0.409. The fraction of sp³-hybridized carbons (Fsp3) is 0.348. The van der Waals surface area contributed by atoms with E-state index in [4.69, 9.17) is 4.74 Å². The summed E-state index contributed by atoms with van der Waals surface area (Å²) in [6.45, 7) is 1.95. The number of carbonyl (C=O) groups excluding carboxylic acids is 3. The van der Waals surface area contributed by atoms with Crippen LogP contribution in [0.2, 0.25) is 0 Å². The van der Waals surface area contributed by atoms with Crippen LogP contribution in [0.15, 0.2) is 42.5 Å². The molecule has 0 spiro atoms. The number of benzene rings is 2. The number of nitrogens with zero attached hydrogens (tertiary/aromatic N) is 1. The van der Waals surface area contributed by atoms with E-state index in [2.05, 4.69) is 5.32 Å². The smallest absolute Gasteiger partial charge is 0.240 e. The highest BCUT2D eigenvalue weighted by molar-refractivity contribution is 6.10. The van der Waals surface area contributed by atoms with Crippen LogP contribution in [0.1, 0.15) is 29.5 Å². The van der Waals surface area contributed by atoms with Crippen molar-refractivity contribution < 1.29 is 27.9 Å². The van der Waals surface area contributed by atoms with Crippen molar-refractivity contribution in [3.8, 4) is 0 Å². The Morgan fingerprint density at radius 2 is 1.94 bits per heavy atom. The molecular weight excluding hydrogens is 406 g/mol. The second kappa shape index (κ2) is 9.34. The standard InChI is InChI=1S/C23H24F2N2O4/c1-15-5-3-4-6-18(15)23(13-21(29)27(22(23)30)9-10-31-2)12-20(28)26-14-16-7-8-17(24)11-19(16)25/h3-8,11H,9-10,12-14H2,1-2H3,(H,26,28)/t23-/m1/s1. The molecule has 1 heterocycles. The number of rotatable bonds is 8. The predicted octanol–water partition coefficient (Wildman–Crippen LogP) is 2.62. The van der Waals surface area contributed by atoms with E-state index in [1.807, 2.05) is 19.1 Å². The number of nitrogens with one attached hydrogen (secondary N) is 1. The summed E-state index contributed by atoms with van der Waals surface area (Å²) in [5.41, 5.74) is 0.169. The van der Waals surface area contributed by atoms with Crippen molar-refractivity contribution in [2.45, 2.75) is 31.7 Å². The van der Waals surface area contributed by atoms with Gasteiger partial charge in [0.15, 0.2) is 0 Å². The van der Waals surface area contributed by atoms with Crippen LogP contribution in [0.3, 0.4) is 0 Å². The first-order chi connectivity index (χ1) is 14.8. The monoisotopic (exact) mass is 430 g/mol. The summed E-state index contributed by atoms with van der Waals surface area (Å²) in [4.78, 5) is 40.0. The molecule has 0 aromatic heterocycles. The van der Waals surface area contributed by atoms with E-state index in [0.717, 1.165) is 22.6 Å². The van der Waals surface area contributed by atoms with Gasteiger partial charge >= 0.3 is 0 Å². The average molecular weight is 430 g/mol. The molecule has 164 valence electrons. The van der Waals surface area contributed by atoms with E-state index in [1.165, 1.54) is 13.2 Å². The maximum atomic E-state index is 13.9. The average Bonchev–Trinajstić information content (AvgIpc) is 2.96. The van der Waals surface area contributed by atoms with Gasteiger partial charge in [0.05, 0.1) is 18.6 Å². The van der Waals surface area contributed by atoms with E-state index in [-0.39, 0.29) is 44.0 Å². The quantitative estimate of drug-likeness (QED) is 0.654. The van der Waals surface area contributed by atoms with Gasteiger partial charge in [-0.05, 0) is 24.1 Å². The Morgan fingerprint density at radius 3 is 2.61 bits per heavy atom.